The maximum atomic E-state index is 12.6. The highest BCUT2D eigenvalue weighted by Crippen LogP contribution is 2.30. The fourth-order valence-electron chi connectivity index (χ4n) is 2.35. The van der Waals surface area contributed by atoms with Crippen LogP contribution in [0.25, 0.3) is 5.57 Å². The number of anilines is 1. The van der Waals surface area contributed by atoms with E-state index in [4.69, 9.17) is 5.73 Å². The molecule has 0 fully saturated rings. The van der Waals surface area contributed by atoms with Crippen LogP contribution in [0.3, 0.4) is 0 Å². The highest BCUT2D eigenvalue weighted by atomic mass is 19.4. The van der Waals surface area contributed by atoms with E-state index in [0.717, 1.165) is 12.1 Å². The van der Waals surface area contributed by atoms with Crippen LogP contribution in [0.2, 0.25) is 0 Å². The Balaban J connectivity index is 2.15. The lowest BCUT2D eigenvalue weighted by Crippen LogP contribution is -2.14. The number of primary amides is 1. The second kappa shape index (κ2) is 7.43. The molecular formula is C19H17F3N2O2. The molecule has 0 spiro atoms. The number of alkyl halides is 3. The van der Waals surface area contributed by atoms with Crippen LogP contribution >= 0.6 is 0 Å². The number of benzene rings is 2. The monoisotopic (exact) mass is 362 g/mol. The molecule has 0 aliphatic carbocycles. The lowest BCUT2D eigenvalue weighted by atomic mass is 10.0. The summed E-state index contributed by atoms with van der Waals surface area (Å²) < 4.78 is 37.7. The zero-order chi connectivity index (χ0) is 19.5. The molecule has 0 aromatic heterocycles. The number of allylic oxidation sites excluding steroid dienone is 1. The van der Waals surface area contributed by atoms with E-state index in [1.165, 1.54) is 24.3 Å². The van der Waals surface area contributed by atoms with Crippen molar-refractivity contribution < 1.29 is 22.8 Å². The number of hydrogen-bond donors (Lipinski definition) is 2. The van der Waals surface area contributed by atoms with Crippen molar-refractivity contribution in [3.05, 3.63) is 70.8 Å². The van der Waals surface area contributed by atoms with Crippen LogP contribution in [-0.2, 0) is 11.0 Å². The fourth-order valence-corrected chi connectivity index (χ4v) is 2.35. The van der Waals surface area contributed by atoms with Gasteiger partial charge in [0.1, 0.15) is 0 Å². The molecule has 0 saturated heterocycles. The van der Waals surface area contributed by atoms with E-state index in [1.807, 2.05) is 0 Å². The molecule has 0 atom stereocenters. The van der Waals surface area contributed by atoms with Gasteiger partial charge in [0.15, 0.2) is 0 Å². The van der Waals surface area contributed by atoms with E-state index in [9.17, 15) is 22.8 Å². The number of carbonyl (C=O) groups is 2. The van der Waals surface area contributed by atoms with Crippen LogP contribution in [0.5, 0.6) is 0 Å². The summed E-state index contributed by atoms with van der Waals surface area (Å²) in [6.45, 7) is 3.34. The molecule has 7 heteroatoms. The lowest BCUT2D eigenvalue weighted by molar-refractivity contribution is -0.137. The molecule has 0 heterocycles. The van der Waals surface area contributed by atoms with Crippen molar-refractivity contribution >= 4 is 23.1 Å². The second-order valence-electron chi connectivity index (χ2n) is 5.79. The van der Waals surface area contributed by atoms with E-state index in [2.05, 4.69) is 5.32 Å². The Labute approximate surface area is 148 Å². The molecule has 3 N–H and O–H groups in total. The number of carbonyl (C=O) groups excluding carboxylic acids is 2. The number of hydrogen-bond acceptors (Lipinski definition) is 2. The predicted molar refractivity (Wildman–Crippen MR) is 93.4 cm³/mol. The lowest BCUT2D eigenvalue weighted by Gasteiger charge is -2.09. The first kappa shape index (κ1) is 19.2. The van der Waals surface area contributed by atoms with Crippen LogP contribution in [0, 0.1) is 6.92 Å². The third-order valence-corrected chi connectivity index (χ3v) is 3.79. The van der Waals surface area contributed by atoms with Gasteiger partial charge in [-0.05, 0) is 54.8 Å². The summed E-state index contributed by atoms with van der Waals surface area (Å²) in [5.41, 5.74) is 6.89. The van der Waals surface area contributed by atoms with Gasteiger partial charge in [-0.3, -0.25) is 9.59 Å². The Morgan fingerprint density at radius 3 is 2.23 bits per heavy atom. The third kappa shape index (κ3) is 4.72. The standard InChI is InChI=1S/C19H17F3N2O2/c1-11-3-8-15(10-16(11)18(23)26)24-17(25)9-12(2)13-4-6-14(7-5-13)19(20,21)22/h3-10H,1-2H3,(H2,23,26)(H,24,25). The van der Waals surface area contributed by atoms with Gasteiger partial charge in [-0.25, -0.2) is 0 Å². The van der Waals surface area contributed by atoms with Crippen LogP contribution < -0.4 is 11.1 Å². The second-order valence-corrected chi connectivity index (χ2v) is 5.79. The quantitative estimate of drug-likeness (QED) is 0.802. The topological polar surface area (TPSA) is 72.2 Å². The van der Waals surface area contributed by atoms with Gasteiger partial charge in [0.2, 0.25) is 11.8 Å². The van der Waals surface area contributed by atoms with Gasteiger partial charge < -0.3 is 11.1 Å². The van der Waals surface area contributed by atoms with E-state index in [0.29, 0.717) is 28.0 Å². The van der Waals surface area contributed by atoms with Crippen molar-refractivity contribution in [3.8, 4) is 0 Å². The highest BCUT2D eigenvalue weighted by Gasteiger charge is 2.29. The molecule has 4 nitrogen and oxygen atoms in total. The van der Waals surface area contributed by atoms with Gasteiger partial charge in [-0.2, -0.15) is 13.2 Å². The first-order chi connectivity index (χ1) is 12.1. The molecule has 0 radical (unpaired) electrons. The van der Waals surface area contributed by atoms with Crippen molar-refractivity contribution in [2.45, 2.75) is 20.0 Å². The summed E-state index contributed by atoms with van der Waals surface area (Å²) in [7, 11) is 0. The van der Waals surface area contributed by atoms with Gasteiger partial charge in [0.25, 0.3) is 0 Å². The van der Waals surface area contributed by atoms with Crippen LogP contribution in [-0.4, -0.2) is 11.8 Å². The summed E-state index contributed by atoms with van der Waals surface area (Å²) in [6.07, 6.45) is -3.14. The molecule has 0 bridgehead atoms. The molecule has 136 valence electrons. The molecule has 2 aromatic carbocycles. The van der Waals surface area contributed by atoms with Crippen molar-refractivity contribution in [2.75, 3.05) is 5.32 Å². The number of halogens is 3. The molecule has 0 saturated carbocycles. The molecule has 0 aliphatic heterocycles. The molecule has 0 unspecified atom stereocenters. The fraction of sp³-hybridized carbons (Fsp3) is 0.158. The Kier molecular flexibility index (Phi) is 5.50. The minimum Gasteiger partial charge on any atom is -0.366 e. The number of nitrogens with one attached hydrogen (secondary N) is 1. The van der Waals surface area contributed by atoms with Crippen LogP contribution in [0.4, 0.5) is 18.9 Å². The van der Waals surface area contributed by atoms with Crippen LogP contribution in [0.15, 0.2) is 48.5 Å². The van der Waals surface area contributed by atoms with Gasteiger partial charge in [0.05, 0.1) is 5.56 Å². The zero-order valence-corrected chi connectivity index (χ0v) is 14.1. The summed E-state index contributed by atoms with van der Waals surface area (Å²) in [5, 5.41) is 2.60. The molecule has 2 amide bonds. The van der Waals surface area contributed by atoms with Crippen molar-refractivity contribution in [1.29, 1.82) is 0 Å². The minimum atomic E-state index is -4.41. The Hall–Kier alpha value is -3.09. The first-order valence-electron chi connectivity index (χ1n) is 7.65. The summed E-state index contributed by atoms with van der Waals surface area (Å²) in [5.74, 6) is -1.07. The number of aryl methyl sites for hydroxylation is 1. The highest BCUT2D eigenvalue weighted by molar-refractivity contribution is 6.04. The van der Waals surface area contributed by atoms with Gasteiger partial charge in [0, 0.05) is 17.3 Å². The zero-order valence-electron chi connectivity index (χ0n) is 14.1. The maximum absolute atomic E-state index is 12.6. The number of amides is 2. The minimum absolute atomic E-state index is 0.297. The summed E-state index contributed by atoms with van der Waals surface area (Å²) in [6, 6.07) is 9.28. The van der Waals surface area contributed by atoms with Crippen molar-refractivity contribution in [1.82, 2.24) is 0 Å². The summed E-state index contributed by atoms with van der Waals surface area (Å²) in [4.78, 5) is 23.4. The predicted octanol–water partition coefficient (Wildman–Crippen LogP) is 4.15. The van der Waals surface area contributed by atoms with Crippen LogP contribution in [0.1, 0.15) is 34.0 Å². The van der Waals surface area contributed by atoms with Crippen molar-refractivity contribution in [2.24, 2.45) is 5.73 Å². The average molecular weight is 362 g/mol. The normalized spacial score (nSPS) is 12.0. The number of nitrogens with two attached hydrogens (primary N) is 1. The molecular weight excluding hydrogens is 345 g/mol. The number of rotatable bonds is 4. The van der Waals surface area contributed by atoms with Gasteiger partial charge >= 0.3 is 6.18 Å². The van der Waals surface area contributed by atoms with Gasteiger partial charge in [-0.1, -0.05) is 18.2 Å². The Morgan fingerprint density at radius 1 is 1.08 bits per heavy atom. The van der Waals surface area contributed by atoms with E-state index >= 15 is 0 Å². The third-order valence-electron chi connectivity index (χ3n) is 3.79. The van der Waals surface area contributed by atoms with E-state index in [1.54, 1.807) is 26.0 Å². The molecule has 0 aliphatic rings. The molecule has 26 heavy (non-hydrogen) atoms. The van der Waals surface area contributed by atoms with Gasteiger partial charge in [-0.15, -0.1) is 0 Å². The average Bonchev–Trinajstić information content (AvgIpc) is 2.55. The Morgan fingerprint density at radius 2 is 1.69 bits per heavy atom. The van der Waals surface area contributed by atoms with E-state index in [-0.39, 0.29) is 0 Å². The Bertz CT molecular complexity index is 869. The largest absolute Gasteiger partial charge is 0.416 e. The molecule has 2 aromatic rings. The summed E-state index contributed by atoms with van der Waals surface area (Å²) >= 11 is 0. The van der Waals surface area contributed by atoms with Crippen molar-refractivity contribution in [3.63, 3.8) is 0 Å². The molecule has 2 rings (SSSR count). The smallest absolute Gasteiger partial charge is 0.366 e. The van der Waals surface area contributed by atoms with E-state index < -0.39 is 23.6 Å². The SMILES string of the molecule is CC(=CC(=O)Nc1ccc(C)c(C(N)=O)c1)c1ccc(C(F)(F)F)cc1. The first-order valence-corrected chi connectivity index (χ1v) is 7.65. The maximum Gasteiger partial charge on any atom is 0.416 e.